The van der Waals surface area contributed by atoms with Crippen LogP contribution in [0.3, 0.4) is 0 Å². The molecule has 0 aliphatic carbocycles. The van der Waals surface area contributed by atoms with E-state index in [1.807, 2.05) is 11.8 Å². The smallest absolute Gasteiger partial charge is 0.223 e. The Morgan fingerprint density at radius 1 is 1.36 bits per heavy atom. The molecule has 3 nitrogen and oxygen atoms in total. The number of rotatable bonds is 7. The van der Waals surface area contributed by atoms with Gasteiger partial charge in [0.25, 0.3) is 0 Å². The number of hydrogen-bond donors (Lipinski definition) is 1. The quantitative estimate of drug-likeness (QED) is 0.677. The summed E-state index contributed by atoms with van der Waals surface area (Å²) in [7, 11) is 0. The lowest BCUT2D eigenvalue weighted by molar-refractivity contribution is -0.130. The first-order valence-electron chi connectivity index (χ1n) is 5.62. The maximum Gasteiger partial charge on any atom is 0.223 e. The lowest BCUT2D eigenvalue weighted by atomic mass is 10.3. The van der Waals surface area contributed by atoms with Gasteiger partial charge < -0.3 is 10.2 Å². The Balaban J connectivity index is 3.69. The average Bonchev–Trinajstić information content (AvgIpc) is 2.13. The molecular weight excluding hydrogens is 176 g/mol. The molecule has 0 aromatic heterocycles. The van der Waals surface area contributed by atoms with Crippen LogP contribution >= 0.6 is 0 Å². The van der Waals surface area contributed by atoms with Gasteiger partial charge >= 0.3 is 0 Å². The van der Waals surface area contributed by atoms with Crippen LogP contribution in [0.5, 0.6) is 0 Å². The number of amides is 1. The topological polar surface area (TPSA) is 32.3 Å². The SMILES string of the molecule is CCCN(CC)C(=O)CCNC(C)C. The van der Waals surface area contributed by atoms with Gasteiger partial charge in [0.15, 0.2) is 0 Å². The zero-order chi connectivity index (χ0) is 11.0. The van der Waals surface area contributed by atoms with E-state index in [-0.39, 0.29) is 5.91 Å². The number of hydrogen-bond acceptors (Lipinski definition) is 2. The van der Waals surface area contributed by atoms with E-state index in [0.29, 0.717) is 12.5 Å². The highest BCUT2D eigenvalue weighted by Crippen LogP contribution is 1.95. The Kier molecular flexibility index (Phi) is 7.48. The lowest BCUT2D eigenvalue weighted by Gasteiger charge is -2.20. The van der Waals surface area contributed by atoms with E-state index in [2.05, 4.69) is 26.1 Å². The van der Waals surface area contributed by atoms with Crippen LogP contribution in [0.4, 0.5) is 0 Å². The molecule has 0 aliphatic rings. The fourth-order valence-electron chi connectivity index (χ4n) is 1.35. The van der Waals surface area contributed by atoms with Gasteiger partial charge in [0.1, 0.15) is 0 Å². The summed E-state index contributed by atoms with van der Waals surface area (Å²) < 4.78 is 0. The molecule has 0 spiro atoms. The van der Waals surface area contributed by atoms with Crippen LogP contribution in [0.1, 0.15) is 40.5 Å². The van der Waals surface area contributed by atoms with E-state index in [1.54, 1.807) is 0 Å². The molecule has 1 N–H and O–H groups in total. The summed E-state index contributed by atoms with van der Waals surface area (Å²) in [6, 6.07) is 0.462. The minimum atomic E-state index is 0.266. The van der Waals surface area contributed by atoms with Crippen LogP contribution in [0.15, 0.2) is 0 Å². The predicted octanol–water partition coefficient (Wildman–Crippen LogP) is 1.63. The average molecular weight is 200 g/mol. The van der Waals surface area contributed by atoms with Crippen molar-refractivity contribution in [3.8, 4) is 0 Å². The molecule has 0 aromatic carbocycles. The molecule has 0 heterocycles. The van der Waals surface area contributed by atoms with E-state index in [1.165, 1.54) is 0 Å². The number of carbonyl (C=O) groups excluding carboxylic acids is 1. The molecule has 0 saturated carbocycles. The molecule has 14 heavy (non-hydrogen) atoms. The molecule has 84 valence electrons. The first-order valence-corrected chi connectivity index (χ1v) is 5.62. The van der Waals surface area contributed by atoms with Crippen LogP contribution in [0.2, 0.25) is 0 Å². The molecule has 0 radical (unpaired) electrons. The van der Waals surface area contributed by atoms with Gasteiger partial charge in [-0.2, -0.15) is 0 Å². The van der Waals surface area contributed by atoms with E-state index in [4.69, 9.17) is 0 Å². The predicted molar refractivity (Wildman–Crippen MR) is 60.3 cm³/mol. The highest BCUT2D eigenvalue weighted by molar-refractivity contribution is 5.76. The molecule has 0 atom stereocenters. The second-order valence-corrected chi connectivity index (χ2v) is 3.83. The Labute approximate surface area is 87.9 Å². The van der Waals surface area contributed by atoms with E-state index >= 15 is 0 Å². The van der Waals surface area contributed by atoms with Gasteiger partial charge in [-0.1, -0.05) is 20.8 Å². The highest BCUT2D eigenvalue weighted by atomic mass is 16.2. The summed E-state index contributed by atoms with van der Waals surface area (Å²) in [6.45, 7) is 10.8. The molecule has 0 bridgehead atoms. The van der Waals surface area contributed by atoms with Crippen molar-refractivity contribution in [3.05, 3.63) is 0 Å². The molecule has 0 aromatic rings. The van der Waals surface area contributed by atoms with Crippen molar-refractivity contribution in [3.63, 3.8) is 0 Å². The Hall–Kier alpha value is -0.570. The van der Waals surface area contributed by atoms with Crippen LogP contribution in [0.25, 0.3) is 0 Å². The monoisotopic (exact) mass is 200 g/mol. The third-order valence-electron chi connectivity index (χ3n) is 2.12. The lowest BCUT2D eigenvalue weighted by Crippen LogP contribution is -2.34. The minimum Gasteiger partial charge on any atom is -0.343 e. The van der Waals surface area contributed by atoms with Gasteiger partial charge in [-0.15, -0.1) is 0 Å². The maximum atomic E-state index is 11.6. The van der Waals surface area contributed by atoms with E-state index in [0.717, 1.165) is 26.1 Å². The van der Waals surface area contributed by atoms with Crippen molar-refractivity contribution in [2.75, 3.05) is 19.6 Å². The molecular formula is C11H24N2O. The second-order valence-electron chi connectivity index (χ2n) is 3.83. The van der Waals surface area contributed by atoms with Crippen LogP contribution in [0, 0.1) is 0 Å². The zero-order valence-corrected chi connectivity index (χ0v) is 9.97. The molecule has 0 unspecified atom stereocenters. The first kappa shape index (κ1) is 13.4. The first-order chi connectivity index (χ1) is 6.61. The molecule has 0 saturated heterocycles. The minimum absolute atomic E-state index is 0.266. The Bertz CT molecular complexity index is 157. The zero-order valence-electron chi connectivity index (χ0n) is 9.97. The van der Waals surface area contributed by atoms with Crippen molar-refractivity contribution < 1.29 is 4.79 Å². The standard InChI is InChI=1S/C11H24N2O/c1-5-9-13(6-2)11(14)7-8-12-10(3)4/h10,12H,5-9H2,1-4H3. The number of nitrogens with one attached hydrogen (secondary N) is 1. The summed E-state index contributed by atoms with van der Waals surface area (Å²) in [5.74, 6) is 0.266. The third kappa shape index (κ3) is 5.97. The Morgan fingerprint density at radius 3 is 2.43 bits per heavy atom. The van der Waals surface area contributed by atoms with Crippen molar-refractivity contribution in [1.82, 2.24) is 10.2 Å². The highest BCUT2D eigenvalue weighted by Gasteiger charge is 2.09. The molecule has 0 aliphatic heterocycles. The second kappa shape index (κ2) is 7.80. The van der Waals surface area contributed by atoms with E-state index < -0.39 is 0 Å². The number of carbonyl (C=O) groups is 1. The molecule has 0 fully saturated rings. The maximum absolute atomic E-state index is 11.6. The van der Waals surface area contributed by atoms with Crippen molar-refractivity contribution >= 4 is 5.91 Å². The van der Waals surface area contributed by atoms with Crippen LogP contribution in [-0.4, -0.2) is 36.5 Å². The summed E-state index contributed by atoms with van der Waals surface area (Å²) in [5.41, 5.74) is 0. The summed E-state index contributed by atoms with van der Waals surface area (Å²) in [6.07, 6.45) is 1.66. The summed E-state index contributed by atoms with van der Waals surface area (Å²) in [4.78, 5) is 13.6. The molecule has 1 amide bonds. The van der Waals surface area contributed by atoms with Gasteiger partial charge in [0.05, 0.1) is 0 Å². The van der Waals surface area contributed by atoms with Gasteiger partial charge in [0, 0.05) is 32.1 Å². The van der Waals surface area contributed by atoms with Gasteiger partial charge in [0.2, 0.25) is 5.91 Å². The number of nitrogens with zero attached hydrogens (tertiary/aromatic N) is 1. The van der Waals surface area contributed by atoms with E-state index in [9.17, 15) is 4.79 Å². The van der Waals surface area contributed by atoms with Gasteiger partial charge in [-0.3, -0.25) is 4.79 Å². The van der Waals surface area contributed by atoms with Crippen molar-refractivity contribution in [1.29, 1.82) is 0 Å². The Morgan fingerprint density at radius 2 is 2.00 bits per heavy atom. The van der Waals surface area contributed by atoms with Gasteiger partial charge in [-0.25, -0.2) is 0 Å². The van der Waals surface area contributed by atoms with Gasteiger partial charge in [-0.05, 0) is 13.3 Å². The summed E-state index contributed by atoms with van der Waals surface area (Å²) >= 11 is 0. The fourth-order valence-corrected chi connectivity index (χ4v) is 1.35. The third-order valence-corrected chi connectivity index (χ3v) is 2.12. The van der Waals surface area contributed by atoms with Crippen molar-refractivity contribution in [2.45, 2.75) is 46.6 Å². The van der Waals surface area contributed by atoms with Crippen molar-refractivity contribution in [2.24, 2.45) is 0 Å². The largest absolute Gasteiger partial charge is 0.343 e. The van der Waals surface area contributed by atoms with Crippen LogP contribution in [-0.2, 0) is 4.79 Å². The molecule has 0 rings (SSSR count). The molecule has 3 heteroatoms. The fraction of sp³-hybridized carbons (Fsp3) is 0.909. The summed E-state index contributed by atoms with van der Waals surface area (Å²) in [5, 5.41) is 3.25. The normalized spacial score (nSPS) is 10.6. The van der Waals surface area contributed by atoms with Crippen LogP contribution < -0.4 is 5.32 Å².